The van der Waals surface area contributed by atoms with Crippen LogP contribution in [0.4, 0.5) is 0 Å². The van der Waals surface area contributed by atoms with E-state index < -0.39 is 18.2 Å². The summed E-state index contributed by atoms with van der Waals surface area (Å²) in [4.78, 5) is 23.5. The lowest BCUT2D eigenvalue weighted by Crippen LogP contribution is -2.38. The maximum absolute atomic E-state index is 11.8. The van der Waals surface area contributed by atoms with Crippen LogP contribution in [0.5, 0.6) is 0 Å². The summed E-state index contributed by atoms with van der Waals surface area (Å²) in [6.45, 7) is 6.96. The van der Waals surface area contributed by atoms with E-state index in [1.165, 1.54) is 0 Å². The number of unbranched alkanes of at least 4 members (excludes halogenated alkanes) is 1. The van der Waals surface area contributed by atoms with Crippen molar-refractivity contribution in [3.63, 3.8) is 0 Å². The molecule has 1 saturated heterocycles. The maximum Gasteiger partial charge on any atom is 0.335 e. The van der Waals surface area contributed by atoms with Crippen molar-refractivity contribution in [2.24, 2.45) is 0 Å². The Labute approximate surface area is 126 Å². The second-order valence-corrected chi connectivity index (χ2v) is 5.33. The van der Waals surface area contributed by atoms with Crippen LogP contribution < -0.4 is 5.32 Å². The molecule has 6 nitrogen and oxygen atoms in total. The third-order valence-corrected chi connectivity index (χ3v) is 3.38. The number of amides is 1. The van der Waals surface area contributed by atoms with Crippen molar-refractivity contribution >= 4 is 11.9 Å². The molecule has 1 amide bonds. The van der Waals surface area contributed by atoms with Crippen molar-refractivity contribution in [2.75, 3.05) is 19.8 Å². The zero-order valence-electron chi connectivity index (χ0n) is 13.2. The molecule has 1 aliphatic heterocycles. The van der Waals surface area contributed by atoms with Crippen LogP contribution in [-0.2, 0) is 23.8 Å². The van der Waals surface area contributed by atoms with Gasteiger partial charge in [0.2, 0.25) is 0 Å². The Kier molecular flexibility index (Phi) is 8.30. The fraction of sp³-hybridized carbons (Fsp3) is 0.867. The monoisotopic (exact) mass is 301 g/mol. The Morgan fingerprint density at radius 1 is 1.33 bits per heavy atom. The number of carbonyl (C=O) groups excluding carboxylic acids is 2. The Morgan fingerprint density at radius 3 is 2.71 bits per heavy atom. The van der Waals surface area contributed by atoms with Crippen molar-refractivity contribution in [3.05, 3.63) is 0 Å². The van der Waals surface area contributed by atoms with Crippen LogP contribution in [0.25, 0.3) is 0 Å². The van der Waals surface area contributed by atoms with Crippen molar-refractivity contribution in [2.45, 2.75) is 64.8 Å². The predicted octanol–water partition coefficient (Wildman–Crippen LogP) is 1.42. The smallest absolute Gasteiger partial charge is 0.335 e. The SMILES string of the molecule is CCCCNC(=O)C(C)OC(=O)C(C)OCC1CCCO1. The molecular weight excluding hydrogens is 274 g/mol. The fourth-order valence-electron chi connectivity index (χ4n) is 1.95. The Morgan fingerprint density at radius 2 is 2.10 bits per heavy atom. The summed E-state index contributed by atoms with van der Waals surface area (Å²) in [6.07, 6.45) is 2.47. The average Bonchev–Trinajstić information content (AvgIpc) is 2.97. The van der Waals surface area contributed by atoms with Crippen molar-refractivity contribution < 1.29 is 23.8 Å². The second kappa shape index (κ2) is 9.73. The minimum Gasteiger partial charge on any atom is -0.451 e. The van der Waals surface area contributed by atoms with Gasteiger partial charge in [0.15, 0.2) is 12.2 Å². The van der Waals surface area contributed by atoms with Crippen LogP contribution in [0.1, 0.15) is 46.5 Å². The molecule has 0 aromatic heterocycles. The Hall–Kier alpha value is -1.14. The van der Waals surface area contributed by atoms with Crippen LogP contribution in [-0.4, -0.2) is 49.9 Å². The number of ether oxygens (including phenoxy) is 3. The van der Waals surface area contributed by atoms with Gasteiger partial charge in [-0.1, -0.05) is 13.3 Å². The van der Waals surface area contributed by atoms with Gasteiger partial charge in [0, 0.05) is 13.2 Å². The van der Waals surface area contributed by atoms with Gasteiger partial charge in [-0.3, -0.25) is 4.79 Å². The third-order valence-electron chi connectivity index (χ3n) is 3.38. The first-order chi connectivity index (χ1) is 10.0. The minimum atomic E-state index is -0.803. The summed E-state index contributed by atoms with van der Waals surface area (Å²) < 4.78 is 16.0. The van der Waals surface area contributed by atoms with Gasteiger partial charge in [-0.15, -0.1) is 0 Å². The van der Waals surface area contributed by atoms with Gasteiger partial charge in [0.1, 0.15) is 0 Å². The lowest BCUT2D eigenvalue weighted by Gasteiger charge is -2.18. The van der Waals surface area contributed by atoms with E-state index in [1.54, 1.807) is 13.8 Å². The van der Waals surface area contributed by atoms with E-state index in [1.807, 2.05) is 6.92 Å². The van der Waals surface area contributed by atoms with Crippen molar-refractivity contribution in [1.82, 2.24) is 5.32 Å². The molecule has 3 atom stereocenters. The van der Waals surface area contributed by atoms with E-state index in [0.717, 1.165) is 32.3 Å². The van der Waals surface area contributed by atoms with E-state index in [9.17, 15) is 9.59 Å². The van der Waals surface area contributed by atoms with E-state index in [4.69, 9.17) is 14.2 Å². The zero-order valence-corrected chi connectivity index (χ0v) is 13.2. The van der Waals surface area contributed by atoms with Gasteiger partial charge >= 0.3 is 5.97 Å². The first-order valence-electron chi connectivity index (χ1n) is 7.76. The Bertz CT molecular complexity index is 328. The van der Waals surface area contributed by atoms with Gasteiger partial charge in [0.25, 0.3) is 5.91 Å². The van der Waals surface area contributed by atoms with E-state index in [0.29, 0.717) is 13.2 Å². The number of esters is 1. The lowest BCUT2D eigenvalue weighted by atomic mass is 10.2. The number of hydrogen-bond donors (Lipinski definition) is 1. The highest BCUT2D eigenvalue weighted by molar-refractivity contribution is 5.84. The van der Waals surface area contributed by atoms with Crippen LogP contribution >= 0.6 is 0 Å². The normalized spacial score (nSPS) is 20.8. The van der Waals surface area contributed by atoms with Crippen molar-refractivity contribution in [3.8, 4) is 0 Å². The molecule has 0 spiro atoms. The first kappa shape index (κ1) is 17.9. The summed E-state index contributed by atoms with van der Waals surface area (Å²) in [5, 5.41) is 2.73. The fourth-order valence-corrected chi connectivity index (χ4v) is 1.95. The third kappa shape index (κ3) is 6.91. The maximum atomic E-state index is 11.8. The molecule has 0 aromatic rings. The minimum absolute atomic E-state index is 0.0648. The summed E-state index contributed by atoms with van der Waals surface area (Å²) in [5.74, 6) is -0.797. The van der Waals surface area contributed by atoms with Crippen molar-refractivity contribution in [1.29, 1.82) is 0 Å². The zero-order chi connectivity index (χ0) is 15.7. The molecule has 1 aliphatic rings. The molecular formula is C15H27NO5. The molecule has 0 radical (unpaired) electrons. The highest BCUT2D eigenvalue weighted by atomic mass is 16.6. The molecule has 21 heavy (non-hydrogen) atoms. The van der Waals surface area contributed by atoms with Crippen LogP contribution in [0.2, 0.25) is 0 Å². The van der Waals surface area contributed by atoms with Gasteiger partial charge in [-0.2, -0.15) is 0 Å². The Balaban J connectivity index is 2.21. The van der Waals surface area contributed by atoms with E-state index in [-0.39, 0.29) is 12.0 Å². The van der Waals surface area contributed by atoms with Gasteiger partial charge < -0.3 is 19.5 Å². The highest BCUT2D eigenvalue weighted by Gasteiger charge is 2.24. The average molecular weight is 301 g/mol. The summed E-state index contributed by atoms with van der Waals surface area (Å²) in [6, 6.07) is 0. The van der Waals surface area contributed by atoms with Crippen LogP contribution in [0.15, 0.2) is 0 Å². The topological polar surface area (TPSA) is 73.9 Å². The van der Waals surface area contributed by atoms with Gasteiger partial charge in [-0.05, 0) is 33.1 Å². The molecule has 0 bridgehead atoms. The molecule has 0 saturated carbocycles. The summed E-state index contributed by atoms with van der Waals surface area (Å²) >= 11 is 0. The second-order valence-electron chi connectivity index (χ2n) is 5.33. The summed E-state index contributed by atoms with van der Waals surface area (Å²) in [7, 11) is 0. The quantitative estimate of drug-likeness (QED) is 0.515. The standard InChI is InChI=1S/C15H27NO5/c1-4-5-8-16-14(17)11(2)21-15(18)12(3)20-10-13-7-6-9-19-13/h11-13H,4-10H2,1-3H3,(H,16,17). The number of hydrogen-bond acceptors (Lipinski definition) is 5. The van der Waals surface area contributed by atoms with Crippen LogP contribution in [0.3, 0.4) is 0 Å². The van der Waals surface area contributed by atoms with Gasteiger partial charge in [0.05, 0.1) is 12.7 Å². The molecule has 0 aromatic carbocycles. The molecule has 1 N–H and O–H groups in total. The molecule has 1 fully saturated rings. The summed E-state index contributed by atoms with van der Waals surface area (Å²) in [5.41, 5.74) is 0. The largest absolute Gasteiger partial charge is 0.451 e. The number of carbonyl (C=O) groups is 2. The molecule has 1 rings (SSSR count). The molecule has 0 aliphatic carbocycles. The van der Waals surface area contributed by atoms with E-state index >= 15 is 0 Å². The lowest BCUT2D eigenvalue weighted by molar-refractivity contribution is -0.166. The first-order valence-corrected chi connectivity index (χ1v) is 7.76. The number of rotatable bonds is 9. The van der Waals surface area contributed by atoms with Gasteiger partial charge in [-0.25, -0.2) is 4.79 Å². The molecule has 6 heteroatoms. The number of nitrogens with one attached hydrogen (secondary N) is 1. The van der Waals surface area contributed by atoms with E-state index in [2.05, 4.69) is 5.32 Å². The molecule has 1 heterocycles. The molecule has 122 valence electrons. The van der Waals surface area contributed by atoms with Crippen LogP contribution in [0, 0.1) is 0 Å². The predicted molar refractivity (Wildman–Crippen MR) is 77.9 cm³/mol. The molecule has 3 unspecified atom stereocenters. The highest BCUT2D eigenvalue weighted by Crippen LogP contribution is 2.13.